The summed E-state index contributed by atoms with van der Waals surface area (Å²) in [5.74, 6) is 0.773. The summed E-state index contributed by atoms with van der Waals surface area (Å²) in [6.45, 7) is 11.8. The molecule has 286 valence electrons. The first kappa shape index (κ1) is 38.2. The summed E-state index contributed by atoms with van der Waals surface area (Å²) in [5.41, 5.74) is 1.08. The lowest BCUT2D eigenvalue weighted by Gasteiger charge is -2.55. The highest BCUT2D eigenvalue weighted by atomic mass is 16.5. The maximum Gasteiger partial charge on any atom is 0.310 e. The molecule has 4 heterocycles. The van der Waals surface area contributed by atoms with Crippen molar-refractivity contribution in [3.8, 4) is 23.0 Å². The average Bonchev–Trinajstić information content (AvgIpc) is 3.33. The first-order valence-corrected chi connectivity index (χ1v) is 19.8. The SMILES string of the molecule is CCOc1ccc(C[N+]2(C)C3CCC2CC(C(CC(=O)O)(C(=O)O)C2CC4CCC(C2)[N+]4(C)Cc2ccc(OCC)c(OCC)c2)C3)cc1OCC. The Morgan fingerprint density at radius 2 is 0.962 bits per heavy atom. The van der Waals surface area contributed by atoms with Crippen molar-refractivity contribution < 1.29 is 47.7 Å². The fourth-order valence-corrected chi connectivity index (χ4v) is 11.3. The van der Waals surface area contributed by atoms with Crippen molar-refractivity contribution in [1.29, 1.82) is 0 Å². The Morgan fingerprint density at radius 1 is 0.615 bits per heavy atom. The van der Waals surface area contributed by atoms with Gasteiger partial charge in [-0.05, 0) is 75.9 Å². The van der Waals surface area contributed by atoms with Crippen LogP contribution in [-0.2, 0) is 22.7 Å². The molecule has 2 aromatic rings. The zero-order valence-corrected chi connectivity index (χ0v) is 32.3. The molecular formula is C42H62N2O8+2. The van der Waals surface area contributed by atoms with E-state index in [0.29, 0.717) is 26.4 Å². The Kier molecular flexibility index (Phi) is 11.4. The fourth-order valence-electron chi connectivity index (χ4n) is 11.3. The van der Waals surface area contributed by atoms with Gasteiger partial charge < -0.3 is 38.1 Å². The number of nitrogens with zero attached hydrogens (tertiary/aromatic N) is 2. The minimum absolute atomic E-state index is 0.176. The summed E-state index contributed by atoms with van der Waals surface area (Å²) < 4.78 is 25.3. The highest BCUT2D eigenvalue weighted by Gasteiger charge is 2.64. The van der Waals surface area contributed by atoms with Gasteiger partial charge in [0.2, 0.25) is 0 Å². The van der Waals surface area contributed by atoms with Gasteiger partial charge in [0.05, 0.1) is 76.5 Å². The van der Waals surface area contributed by atoms with Crippen LogP contribution in [0.1, 0.15) is 96.6 Å². The van der Waals surface area contributed by atoms with Crippen molar-refractivity contribution in [1.82, 2.24) is 0 Å². The van der Waals surface area contributed by atoms with Crippen molar-refractivity contribution >= 4 is 11.9 Å². The molecule has 2 N–H and O–H groups in total. The third-order valence-corrected chi connectivity index (χ3v) is 13.8. The Hall–Kier alpha value is -3.50. The molecule has 4 bridgehead atoms. The summed E-state index contributed by atoms with van der Waals surface area (Å²) in [4.78, 5) is 26.5. The van der Waals surface area contributed by atoms with E-state index in [9.17, 15) is 19.8 Å². The molecule has 0 aliphatic carbocycles. The second-order valence-electron chi connectivity index (χ2n) is 16.3. The third kappa shape index (κ3) is 6.97. The third-order valence-electron chi connectivity index (χ3n) is 13.8. The zero-order valence-electron chi connectivity index (χ0n) is 32.3. The van der Waals surface area contributed by atoms with Gasteiger partial charge >= 0.3 is 11.9 Å². The number of carbonyl (C=O) groups is 2. The Balaban J connectivity index is 1.24. The number of rotatable bonds is 17. The predicted octanol–water partition coefficient (Wildman–Crippen LogP) is 7.30. The predicted molar refractivity (Wildman–Crippen MR) is 199 cm³/mol. The Morgan fingerprint density at radius 3 is 1.27 bits per heavy atom. The summed E-state index contributed by atoms with van der Waals surface area (Å²) in [7, 11) is 4.66. The van der Waals surface area contributed by atoms with Crippen LogP contribution in [-0.4, -0.2) is 95.8 Å². The van der Waals surface area contributed by atoms with Gasteiger partial charge in [-0.1, -0.05) is 0 Å². The second-order valence-corrected chi connectivity index (χ2v) is 16.3. The van der Waals surface area contributed by atoms with Gasteiger partial charge in [0.15, 0.2) is 23.0 Å². The lowest BCUT2D eigenvalue weighted by molar-refractivity contribution is -0.963. The quantitative estimate of drug-likeness (QED) is 0.164. The molecule has 2 aromatic carbocycles. The lowest BCUT2D eigenvalue weighted by atomic mass is 9.57. The molecule has 4 fully saturated rings. The molecule has 4 aliphatic heterocycles. The molecule has 0 spiro atoms. The molecule has 4 saturated heterocycles. The van der Waals surface area contributed by atoms with Gasteiger partial charge in [-0.3, -0.25) is 9.59 Å². The molecule has 10 heteroatoms. The molecule has 0 amide bonds. The highest BCUT2D eigenvalue weighted by Crippen LogP contribution is 2.59. The zero-order chi connectivity index (χ0) is 37.3. The van der Waals surface area contributed by atoms with Crippen LogP contribution in [0.25, 0.3) is 0 Å². The van der Waals surface area contributed by atoms with Crippen LogP contribution < -0.4 is 18.9 Å². The number of fused-ring (bicyclic) bond motifs is 4. The van der Waals surface area contributed by atoms with E-state index >= 15 is 0 Å². The number of carboxylic acid groups (broad SMARTS) is 2. The van der Waals surface area contributed by atoms with Crippen LogP contribution in [0.5, 0.6) is 23.0 Å². The maximum atomic E-state index is 13.8. The Bertz CT molecular complexity index is 1470. The van der Waals surface area contributed by atoms with Crippen LogP contribution in [0.4, 0.5) is 0 Å². The van der Waals surface area contributed by atoms with Gasteiger partial charge in [0.25, 0.3) is 0 Å². The molecule has 52 heavy (non-hydrogen) atoms. The van der Waals surface area contributed by atoms with Crippen molar-refractivity contribution in [2.45, 2.75) is 123 Å². The number of ether oxygens (including phenoxy) is 4. The van der Waals surface area contributed by atoms with Crippen LogP contribution in [0.2, 0.25) is 0 Å². The first-order chi connectivity index (χ1) is 24.9. The number of aliphatic carboxylic acids is 2. The molecule has 10 nitrogen and oxygen atoms in total. The van der Waals surface area contributed by atoms with E-state index in [0.717, 1.165) is 96.4 Å². The van der Waals surface area contributed by atoms with Gasteiger partial charge in [0, 0.05) is 62.5 Å². The standard InChI is InChI=1S/C42H60N2O8/c1-7-49-36-17-11-28(19-38(36)51-9-3)26-43(5)32-13-14-33(43)22-30(21-32)42(41(47)48,25-40(45)46)31-23-34-15-16-35(24-31)44(34,6)27-29-12-18-37(50-8-2)39(20-29)52-10-4/h11-12,17-20,30-35H,7-10,13-16,21-27H2,1-6H3/p+2. The number of quaternary nitrogens is 2. The normalized spacial score (nSPS) is 31.8. The molecular weight excluding hydrogens is 660 g/mol. The van der Waals surface area contributed by atoms with Crippen molar-refractivity contribution in [3.63, 3.8) is 0 Å². The van der Waals surface area contributed by atoms with E-state index in [-0.39, 0.29) is 42.4 Å². The minimum Gasteiger partial charge on any atom is -0.490 e. The van der Waals surface area contributed by atoms with E-state index in [1.807, 2.05) is 39.8 Å². The average molecular weight is 723 g/mol. The summed E-state index contributed by atoms with van der Waals surface area (Å²) in [6.07, 6.45) is 6.80. The lowest BCUT2D eigenvalue weighted by Crippen LogP contribution is -2.63. The molecule has 0 radical (unpaired) electrons. The molecule has 4 atom stereocenters. The first-order valence-electron chi connectivity index (χ1n) is 19.8. The maximum absolute atomic E-state index is 13.8. The van der Waals surface area contributed by atoms with Gasteiger partial charge in [-0.2, -0.15) is 0 Å². The summed E-state index contributed by atoms with van der Waals surface area (Å²) in [5, 5.41) is 21.7. The van der Waals surface area contributed by atoms with Crippen LogP contribution in [0, 0.1) is 17.3 Å². The molecule has 6 rings (SSSR count). The second kappa shape index (κ2) is 15.5. The number of piperidine rings is 2. The molecule has 4 unspecified atom stereocenters. The number of carboxylic acids is 2. The van der Waals surface area contributed by atoms with Crippen molar-refractivity contribution in [2.75, 3.05) is 40.5 Å². The Labute approximate surface area is 310 Å². The van der Waals surface area contributed by atoms with E-state index < -0.39 is 17.4 Å². The topological polar surface area (TPSA) is 112 Å². The van der Waals surface area contributed by atoms with Gasteiger partial charge in [-0.15, -0.1) is 0 Å². The van der Waals surface area contributed by atoms with E-state index in [1.165, 1.54) is 11.1 Å². The van der Waals surface area contributed by atoms with Crippen LogP contribution >= 0.6 is 0 Å². The van der Waals surface area contributed by atoms with Crippen molar-refractivity contribution in [2.24, 2.45) is 17.3 Å². The number of hydrogen-bond donors (Lipinski definition) is 2. The number of hydrogen-bond acceptors (Lipinski definition) is 6. The van der Waals surface area contributed by atoms with Gasteiger partial charge in [0.1, 0.15) is 13.1 Å². The largest absolute Gasteiger partial charge is 0.490 e. The van der Waals surface area contributed by atoms with Gasteiger partial charge in [-0.25, -0.2) is 0 Å². The molecule has 0 aromatic heterocycles. The van der Waals surface area contributed by atoms with E-state index in [4.69, 9.17) is 18.9 Å². The molecule has 4 aliphatic rings. The molecule has 0 saturated carbocycles. The van der Waals surface area contributed by atoms with Crippen LogP contribution in [0.15, 0.2) is 36.4 Å². The fraction of sp³-hybridized carbons (Fsp3) is 0.667. The summed E-state index contributed by atoms with van der Waals surface area (Å²) >= 11 is 0. The monoisotopic (exact) mass is 722 g/mol. The summed E-state index contributed by atoms with van der Waals surface area (Å²) in [6, 6.07) is 13.6. The smallest absolute Gasteiger partial charge is 0.310 e. The minimum atomic E-state index is -1.29. The van der Waals surface area contributed by atoms with E-state index in [1.54, 1.807) is 0 Å². The van der Waals surface area contributed by atoms with Crippen molar-refractivity contribution in [3.05, 3.63) is 47.5 Å². The van der Waals surface area contributed by atoms with Crippen LogP contribution in [0.3, 0.4) is 0 Å². The number of benzene rings is 2. The van der Waals surface area contributed by atoms with E-state index in [2.05, 4.69) is 38.4 Å². The highest BCUT2D eigenvalue weighted by molar-refractivity contribution is 5.82.